The summed E-state index contributed by atoms with van der Waals surface area (Å²) in [7, 11) is 1.69. The molecule has 0 radical (unpaired) electrons. The Morgan fingerprint density at radius 2 is 2.17 bits per heavy atom. The van der Waals surface area contributed by atoms with Gasteiger partial charge in [0.1, 0.15) is 0 Å². The minimum absolute atomic E-state index is 0.0443. The molecule has 1 saturated carbocycles. The van der Waals surface area contributed by atoms with Gasteiger partial charge in [0.15, 0.2) is 0 Å². The number of fused-ring (bicyclic) bond motifs is 2. The average molecular weight is 617 g/mol. The number of aryl methyl sites for hydroxylation is 1. The van der Waals surface area contributed by atoms with E-state index in [1.165, 1.54) is 15.4 Å². The number of carbonyl (C=O) groups is 1. The number of piperidine rings is 1. The minimum atomic E-state index is -4.39. The van der Waals surface area contributed by atoms with Crippen molar-refractivity contribution in [3.63, 3.8) is 0 Å². The van der Waals surface area contributed by atoms with E-state index in [4.69, 9.17) is 4.74 Å². The normalized spacial score (nSPS) is 23.3. The van der Waals surface area contributed by atoms with Gasteiger partial charge in [-0.2, -0.15) is 0 Å². The number of pyridine rings is 1. The summed E-state index contributed by atoms with van der Waals surface area (Å²) >= 11 is -1.86. The van der Waals surface area contributed by atoms with Crippen LogP contribution >= 0.6 is 0 Å². The molecule has 3 aromatic heterocycles. The number of hydrogen-bond donors (Lipinski definition) is 2. The first kappa shape index (κ1) is 26.7. The van der Waals surface area contributed by atoms with Crippen LogP contribution in [0.15, 0.2) is 30.6 Å². The van der Waals surface area contributed by atoms with Gasteiger partial charge >= 0.3 is 234 Å². The molecule has 1 aliphatic carbocycles. The van der Waals surface area contributed by atoms with Crippen LogP contribution in [0.25, 0.3) is 5.52 Å². The molecule has 3 fully saturated rings. The van der Waals surface area contributed by atoms with Gasteiger partial charge in [0.2, 0.25) is 0 Å². The van der Waals surface area contributed by atoms with Crippen LogP contribution in [0.5, 0.6) is 0 Å². The number of aromatic nitrogens is 4. The molecule has 2 N–H and O–H groups in total. The number of halogens is 3. The van der Waals surface area contributed by atoms with Crippen LogP contribution in [0.4, 0.5) is 19.0 Å². The first-order chi connectivity index (χ1) is 19.1. The Balaban J connectivity index is 1.22. The van der Waals surface area contributed by atoms with Gasteiger partial charge in [-0.15, -0.1) is 0 Å². The summed E-state index contributed by atoms with van der Waals surface area (Å²) in [5, 5.41) is 19.9. The van der Waals surface area contributed by atoms with Crippen molar-refractivity contribution in [1.29, 1.82) is 5.26 Å². The van der Waals surface area contributed by atoms with Crippen LogP contribution in [0.1, 0.15) is 28.9 Å². The third-order valence-electron chi connectivity index (χ3n) is 7.71. The fourth-order valence-electron chi connectivity index (χ4n) is 5.42. The molecule has 14 heteroatoms. The number of nitrogens with one attached hydrogen (secondary N) is 2. The molecular weight excluding hydrogens is 592 g/mol. The molecule has 2 saturated heterocycles. The van der Waals surface area contributed by atoms with E-state index in [-0.39, 0.29) is 28.1 Å². The standard InChI is InChI=1S/C26H25F3N8O2Se/c1-35-12-17(11-32-35)23(38)31-8-3-4-19-22(40-26(27,28)29)20-5-2-6-21(37(20)34-19)33-25-7-9-36(13-18(25)10-25)24(14-30)15-39-16-24/h2,5-6,11-12,18,33H,7-10,13,15-16H2,1H3,(H,31,38). The van der Waals surface area contributed by atoms with E-state index in [0.29, 0.717) is 36.0 Å². The maximum atomic E-state index is 13.6. The summed E-state index contributed by atoms with van der Waals surface area (Å²) < 4.78 is 49.1. The quantitative estimate of drug-likeness (QED) is 0.312. The maximum absolute atomic E-state index is 13.6. The number of nitrogens with zero attached hydrogens (tertiary/aromatic N) is 6. The second-order valence-electron chi connectivity index (χ2n) is 10.3. The topological polar surface area (TPSA) is 113 Å². The Morgan fingerprint density at radius 1 is 1.35 bits per heavy atom. The van der Waals surface area contributed by atoms with Crippen LogP contribution in [0, 0.1) is 29.1 Å². The fourth-order valence-corrected chi connectivity index (χ4v) is 6.85. The summed E-state index contributed by atoms with van der Waals surface area (Å²) in [4.78, 5) is 14.4. The monoisotopic (exact) mass is 618 g/mol. The van der Waals surface area contributed by atoms with Gasteiger partial charge in [-0.05, 0) is 0 Å². The number of alkyl halides is 3. The number of nitriles is 1. The number of anilines is 1. The Kier molecular flexibility index (Phi) is 6.55. The number of rotatable bonds is 6. The van der Waals surface area contributed by atoms with Crippen molar-refractivity contribution in [2.75, 3.05) is 38.2 Å². The molecule has 40 heavy (non-hydrogen) atoms. The first-order valence-corrected chi connectivity index (χ1v) is 14.4. The van der Waals surface area contributed by atoms with Crippen LogP contribution < -0.4 is 15.1 Å². The summed E-state index contributed by atoms with van der Waals surface area (Å²) in [5.41, 5.74) is 0.0303. The van der Waals surface area contributed by atoms with E-state index in [1.807, 2.05) is 6.07 Å². The second-order valence-corrected chi connectivity index (χ2v) is 12.6. The molecule has 10 nitrogen and oxygen atoms in total. The van der Waals surface area contributed by atoms with Gasteiger partial charge in [0, 0.05) is 0 Å². The number of hydrogen-bond acceptors (Lipinski definition) is 7. The number of amides is 1. The molecule has 3 aromatic rings. The van der Waals surface area contributed by atoms with Crippen molar-refractivity contribution in [3.05, 3.63) is 41.9 Å². The van der Waals surface area contributed by atoms with E-state index in [1.54, 1.807) is 25.4 Å². The third kappa shape index (κ3) is 4.93. The van der Waals surface area contributed by atoms with Crippen LogP contribution in [0.3, 0.4) is 0 Å². The van der Waals surface area contributed by atoms with E-state index in [2.05, 4.69) is 43.6 Å². The van der Waals surface area contributed by atoms with Crippen molar-refractivity contribution in [3.8, 4) is 17.9 Å². The molecular formula is C26H25F3N8O2Se. The molecule has 5 heterocycles. The molecule has 0 bridgehead atoms. The Morgan fingerprint density at radius 3 is 2.83 bits per heavy atom. The van der Waals surface area contributed by atoms with Crippen molar-refractivity contribution >= 4 is 36.7 Å². The van der Waals surface area contributed by atoms with Crippen LogP contribution in [-0.2, 0) is 11.8 Å². The molecule has 2 atom stereocenters. The number of carbonyl (C=O) groups excluding carboxylic acids is 1. The molecule has 6 rings (SSSR count). The van der Waals surface area contributed by atoms with E-state index in [9.17, 15) is 23.2 Å². The number of likely N-dealkylation sites (tertiary alicyclic amines) is 1. The van der Waals surface area contributed by atoms with Gasteiger partial charge < -0.3 is 0 Å². The predicted octanol–water partition coefficient (Wildman–Crippen LogP) is 0.867. The zero-order chi connectivity index (χ0) is 28.1. The zero-order valence-electron chi connectivity index (χ0n) is 21.5. The summed E-state index contributed by atoms with van der Waals surface area (Å²) in [6.45, 7) is 2.29. The average Bonchev–Trinajstić information content (AvgIpc) is 3.23. The number of ether oxygens (including phenoxy) is 1. The zero-order valence-corrected chi connectivity index (χ0v) is 23.2. The van der Waals surface area contributed by atoms with Crippen LogP contribution in [0.2, 0.25) is 0 Å². The molecule has 2 unspecified atom stereocenters. The van der Waals surface area contributed by atoms with Gasteiger partial charge in [0.25, 0.3) is 0 Å². The van der Waals surface area contributed by atoms with Crippen molar-refractivity contribution in [1.82, 2.24) is 29.6 Å². The summed E-state index contributed by atoms with van der Waals surface area (Å²) in [5.74, 6) is 6.04. The van der Waals surface area contributed by atoms with E-state index in [0.717, 1.165) is 25.9 Å². The Labute approximate surface area is 234 Å². The molecule has 0 spiro atoms. The molecule has 1 amide bonds. The van der Waals surface area contributed by atoms with Crippen molar-refractivity contribution in [2.45, 2.75) is 29.0 Å². The Hall–Kier alpha value is -3.55. The fraction of sp³-hybridized carbons (Fsp3) is 0.462. The molecule has 0 aromatic carbocycles. The van der Waals surface area contributed by atoms with Crippen molar-refractivity contribution in [2.24, 2.45) is 13.0 Å². The summed E-state index contributed by atoms with van der Waals surface area (Å²) in [6, 6.07) is 7.56. The van der Waals surface area contributed by atoms with Gasteiger partial charge in [-0.1, -0.05) is 0 Å². The van der Waals surface area contributed by atoms with Crippen LogP contribution in [-0.4, -0.2) is 94.2 Å². The second kappa shape index (κ2) is 9.82. The van der Waals surface area contributed by atoms with E-state index < -0.39 is 25.6 Å². The van der Waals surface area contributed by atoms with Gasteiger partial charge in [-0.25, -0.2) is 0 Å². The predicted molar refractivity (Wildman–Crippen MR) is 139 cm³/mol. The molecule has 2 aliphatic heterocycles. The molecule has 208 valence electrons. The van der Waals surface area contributed by atoms with Gasteiger partial charge in [0.05, 0.1) is 0 Å². The SMILES string of the molecule is Cn1cc(C(=O)NCC#Cc2nn3c(NC45CCN(C6(C#N)COC6)CC4C5)cccc3c2[Se]C(F)(F)F)cn1. The van der Waals surface area contributed by atoms with E-state index >= 15 is 0 Å². The Bertz CT molecular complexity index is 1580. The van der Waals surface area contributed by atoms with Crippen molar-refractivity contribution < 1.29 is 22.7 Å². The first-order valence-electron chi connectivity index (χ1n) is 12.7. The third-order valence-corrected chi connectivity index (χ3v) is 9.47. The summed E-state index contributed by atoms with van der Waals surface area (Å²) in [6.07, 6.45) is 4.69. The van der Waals surface area contributed by atoms with Gasteiger partial charge in [-0.3, -0.25) is 0 Å². The molecule has 3 aliphatic rings.